The molecule has 2 heterocycles. The van der Waals surface area contributed by atoms with Crippen molar-refractivity contribution < 1.29 is 14.3 Å². The SMILES string of the molecule is CSc1cc2c(cc1NC(=O)CSc1nnnn1C1CC1)OCCO2. The van der Waals surface area contributed by atoms with Gasteiger partial charge < -0.3 is 14.8 Å². The van der Waals surface area contributed by atoms with E-state index in [1.54, 1.807) is 16.4 Å². The van der Waals surface area contributed by atoms with Gasteiger partial charge in [0, 0.05) is 11.0 Å². The van der Waals surface area contributed by atoms with Crippen LogP contribution in [0.1, 0.15) is 18.9 Å². The molecule has 0 saturated heterocycles. The number of benzene rings is 1. The lowest BCUT2D eigenvalue weighted by atomic mass is 10.2. The van der Waals surface area contributed by atoms with Crippen molar-refractivity contribution in [3.05, 3.63) is 12.1 Å². The fraction of sp³-hybridized carbons (Fsp3) is 0.467. The lowest BCUT2D eigenvalue weighted by Gasteiger charge is -2.20. The van der Waals surface area contributed by atoms with Gasteiger partial charge in [-0.25, -0.2) is 4.68 Å². The van der Waals surface area contributed by atoms with E-state index >= 15 is 0 Å². The summed E-state index contributed by atoms with van der Waals surface area (Å²) in [6.45, 7) is 1.05. The van der Waals surface area contributed by atoms with Gasteiger partial charge in [-0.1, -0.05) is 11.8 Å². The number of rotatable bonds is 6. The zero-order valence-corrected chi connectivity index (χ0v) is 15.2. The van der Waals surface area contributed by atoms with Crippen LogP contribution in [0.5, 0.6) is 11.5 Å². The van der Waals surface area contributed by atoms with Crippen LogP contribution in [-0.4, -0.2) is 51.3 Å². The molecule has 10 heteroatoms. The Morgan fingerprint density at radius 3 is 2.80 bits per heavy atom. The summed E-state index contributed by atoms with van der Waals surface area (Å²) < 4.78 is 13.0. The number of carbonyl (C=O) groups is 1. The number of hydrogen-bond donors (Lipinski definition) is 1. The minimum absolute atomic E-state index is 0.109. The highest BCUT2D eigenvalue weighted by molar-refractivity contribution is 7.99. The lowest BCUT2D eigenvalue weighted by Crippen LogP contribution is -2.18. The number of anilines is 1. The Hall–Kier alpha value is -1.94. The predicted octanol–water partition coefficient (Wildman–Crippen LogP) is 2.23. The van der Waals surface area contributed by atoms with E-state index in [4.69, 9.17) is 9.47 Å². The summed E-state index contributed by atoms with van der Waals surface area (Å²) in [5.74, 6) is 1.51. The molecule has 2 aromatic rings. The number of hydrogen-bond acceptors (Lipinski definition) is 8. The topological polar surface area (TPSA) is 91.2 Å². The molecule has 2 aliphatic rings. The molecule has 1 fully saturated rings. The number of carbonyl (C=O) groups excluding carboxylic acids is 1. The first-order chi connectivity index (χ1) is 12.2. The highest BCUT2D eigenvalue weighted by Gasteiger charge is 2.28. The molecular weight excluding hydrogens is 362 g/mol. The van der Waals surface area contributed by atoms with Crippen molar-refractivity contribution in [2.45, 2.75) is 28.9 Å². The average Bonchev–Trinajstić information content (AvgIpc) is 3.37. The Morgan fingerprint density at radius 1 is 1.32 bits per heavy atom. The van der Waals surface area contributed by atoms with Crippen LogP contribution in [0.3, 0.4) is 0 Å². The molecule has 1 N–H and O–H groups in total. The van der Waals surface area contributed by atoms with Crippen molar-refractivity contribution >= 4 is 35.1 Å². The summed E-state index contributed by atoms with van der Waals surface area (Å²) in [6.07, 6.45) is 4.15. The molecule has 0 spiro atoms. The third kappa shape index (κ3) is 3.69. The normalized spacial score (nSPS) is 15.9. The van der Waals surface area contributed by atoms with Gasteiger partial charge in [0.25, 0.3) is 0 Å². The van der Waals surface area contributed by atoms with Gasteiger partial charge in [-0.3, -0.25) is 4.79 Å². The highest BCUT2D eigenvalue weighted by Crippen LogP contribution is 2.39. The van der Waals surface area contributed by atoms with Gasteiger partial charge in [0.15, 0.2) is 11.5 Å². The molecule has 0 bridgehead atoms. The number of amides is 1. The molecule has 0 radical (unpaired) electrons. The Kier molecular flexibility index (Phi) is 4.71. The molecule has 1 aromatic carbocycles. The van der Waals surface area contributed by atoms with E-state index in [0.29, 0.717) is 35.9 Å². The van der Waals surface area contributed by atoms with E-state index in [1.807, 2.05) is 18.4 Å². The maximum Gasteiger partial charge on any atom is 0.234 e. The van der Waals surface area contributed by atoms with Crippen molar-refractivity contribution in [1.82, 2.24) is 20.2 Å². The largest absolute Gasteiger partial charge is 0.486 e. The lowest BCUT2D eigenvalue weighted by molar-refractivity contribution is -0.113. The number of nitrogens with zero attached hydrogens (tertiary/aromatic N) is 4. The smallest absolute Gasteiger partial charge is 0.234 e. The van der Waals surface area contributed by atoms with Gasteiger partial charge in [-0.2, -0.15) is 0 Å². The maximum atomic E-state index is 12.3. The minimum Gasteiger partial charge on any atom is -0.486 e. The molecule has 25 heavy (non-hydrogen) atoms. The molecule has 0 atom stereocenters. The first kappa shape index (κ1) is 16.5. The summed E-state index contributed by atoms with van der Waals surface area (Å²) in [4.78, 5) is 13.3. The second kappa shape index (κ2) is 7.12. The first-order valence-electron chi connectivity index (χ1n) is 7.93. The number of ether oxygens (including phenoxy) is 2. The third-order valence-corrected chi connectivity index (χ3v) is 5.54. The molecule has 1 aliphatic heterocycles. The molecule has 8 nitrogen and oxygen atoms in total. The first-order valence-corrected chi connectivity index (χ1v) is 10.1. The van der Waals surface area contributed by atoms with Crippen molar-refractivity contribution in [3.63, 3.8) is 0 Å². The van der Waals surface area contributed by atoms with E-state index in [0.717, 1.165) is 23.4 Å². The number of thioether (sulfide) groups is 2. The van der Waals surface area contributed by atoms with Crippen LogP contribution in [0.15, 0.2) is 22.2 Å². The van der Waals surface area contributed by atoms with Crippen molar-refractivity contribution in [2.24, 2.45) is 0 Å². The number of tetrazole rings is 1. The van der Waals surface area contributed by atoms with Gasteiger partial charge in [-0.05, 0) is 35.6 Å². The molecule has 1 amide bonds. The standard InChI is InChI=1S/C15H17N5O3S2/c1-24-13-7-12-11(22-4-5-23-12)6-10(13)16-14(21)8-25-15-17-18-19-20(15)9-2-3-9/h6-7,9H,2-5,8H2,1H3,(H,16,21). The van der Waals surface area contributed by atoms with Crippen LogP contribution in [-0.2, 0) is 4.79 Å². The predicted molar refractivity (Wildman–Crippen MR) is 94.7 cm³/mol. The monoisotopic (exact) mass is 379 g/mol. The van der Waals surface area contributed by atoms with Gasteiger partial charge in [0.05, 0.1) is 17.5 Å². The van der Waals surface area contributed by atoms with Crippen LogP contribution in [0.2, 0.25) is 0 Å². The third-order valence-electron chi connectivity index (χ3n) is 3.83. The quantitative estimate of drug-likeness (QED) is 0.764. The molecule has 132 valence electrons. The number of fused-ring (bicyclic) bond motifs is 1. The van der Waals surface area contributed by atoms with Crippen LogP contribution in [0.25, 0.3) is 0 Å². The van der Waals surface area contributed by atoms with Crippen LogP contribution >= 0.6 is 23.5 Å². The summed E-state index contributed by atoms with van der Waals surface area (Å²) in [7, 11) is 0. The van der Waals surface area contributed by atoms with Crippen molar-refractivity contribution in [1.29, 1.82) is 0 Å². The van der Waals surface area contributed by atoms with Gasteiger partial charge >= 0.3 is 0 Å². The molecule has 1 saturated carbocycles. The highest BCUT2D eigenvalue weighted by atomic mass is 32.2. The fourth-order valence-corrected chi connectivity index (χ4v) is 3.78. The van der Waals surface area contributed by atoms with Gasteiger partial charge in [0.2, 0.25) is 11.1 Å². The maximum absolute atomic E-state index is 12.3. The summed E-state index contributed by atoms with van der Waals surface area (Å²) >= 11 is 2.89. The number of nitrogens with one attached hydrogen (secondary N) is 1. The van der Waals surface area contributed by atoms with E-state index in [-0.39, 0.29) is 11.7 Å². The summed E-state index contributed by atoms with van der Waals surface area (Å²) in [5.41, 5.74) is 0.726. The van der Waals surface area contributed by atoms with Crippen LogP contribution in [0.4, 0.5) is 5.69 Å². The summed E-state index contributed by atoms with van der Waals surface area (Å²) in [5, 5.41) is 15.3. The Bertz CT molecular complexity index is 793. The second-order valence-corrected chi connectivity index (χ2v) is 7.46. The average molecular weight is 379 g/mol. The second-order valence-electron chi connectivity index (χ2n) is 5.67. The zero-order chi connectivity index (χ0) is 17.2. The Morgan fingerprint density at radius 2 is 2.08 bits per heavy atom. The van der Waals surface area contributed by atoms with E-state index < -0.39 is 0 Å². The molecular formula is C15H17N5O3S2. The van der Waals surface area contributed by atoms with Crippen LogP contribution in [0, 0.1) is 0 Å². The zero-order valence-electron chi connectivity index (χ0n) is 13.6. The van der Waals surface area contributed by atoms with Gasteiger partial charge in [0.1, 0.15) is 13.2 Å². The Balaban J connectivity index is 1.42. The van der Waals surface area contributed by atoms with E-state index in [9.17, 15) is 4.79 Å². The fourth-order valence-electron chi connectivity index (χ4n) is 2.48. The number of aromatic nitrogens is 4. The van der Waals surface area contributed by atoms with E-state index in [1.165, 1.54) is 11.8 Å². The molecule has 0 unspecified atom stereocenters. The van der Waals surface area contributed by atoms with Crippen molar-refractivity contribution in [3.8, 4) is 11.5 Å². The molecule has 1 aromatic heterocycles. The summed E-state index contributed by atoms with van der Waals surface area (Å²) in [6, 6.07) is 4.11. The minimum atomic E-state index is -0.109. The van der Waals surface area contributed by atoms with Crippen molar-refractivity contribution in [2.75, 3.05) is 30.5 Å². The molecule has 1 aliphatic carbocycles. The van der Waals surface area contributed by atoms with Crippen LogP contribution < -0.4 is 14.8 Å². The molecule has 4 rings (SSSR count). The van der Waals surface area contributed by atoms with E-state index in [2.05, 4.69) is 20.8 Å². The Labute approximate surface area is 153 Å². The van der Waals surface area contributed by atoms with Gasteiger partial charge in [-0.15, -0.1) is 16.9 Å².